The van der Waals surface area contributed by atoms with Gasteiger partial charge in [0.25, 0.3) is 0 Å². The van der Waals surface area contributed by atoms with Gasteiger partial charge in [0, 0.05) is 24.3 Å². The van der Waals surface area contributed by atoms with Crippen molar-refractivity contribution in [2.24, 2.45) is 5.92 Å². The Labute approximate surface area is 145 Å². The number of carbonyl (C=O) groups is 1. The maximum Gasteiger partial charge on any atom is 0.224 e. The molecule has 0 aliphatic carbocycles. The van der Waals surface area contributed by atoms with Crippen LogP contribution in [0.15, 0.2) is 18.2 Å². The molecule has 0 saturated heterocycles. The third-order valence-corrected chi connectivity index (χ3v) is 4.55. The molecule has 2 aromatic rings. The van der Waals surface area contributed by atoms with Gasteiger partial charge in [-0.05, 0) is 62.8 Å². The number of aromatic nitrogens is 2. The molecule has 130 valence electrons. The molecule has 1 amide bonds. The molecular formula is C20H29N3O. The van der Waals surface area contributed by atoms with E-state index in [9.17, 15) is 4.79 Å². The monoisotopic (exact) mass is 327 g/mol. The zero-order chi connectivity index (χ0) is 17.9. The molecular weight excluding hydrogens is 298 g/mol. The van der Waals surface area contributed by atoms with E-state index in [2.05, 4.69) is 48.9 Å². The number of rotatable bonds is 6. The zero-order valence-corrected chi connectivity index (χ0v) is 15.7. The number of nitrogens with zero attached hydrogens (tertiary/aromatic N) is 2. The van der Waals surface area contributed by atoms with Crippen molar-refractivity contribution in [1.82, 2.24) is 9.78 Å². The topological polar surface area (TPSA) is 46.9 Å². The first-order valence-corrected chi connectivity index (χ1v) is 8.68. The van der Waals surface area contributed by atoms with Crippen molar-refractivity contribution in [2.75, 3.05) is 5.32 Å². The molecule has 0 fully saturated rings. The number of hydrogen-bond donors (Lipinski definition) is 1. The first-order valence-electron chi connectivity index (χ1n) is 8.68. The molecule has 0 aliphatic heterocycles. The fourth-order valence-corrected chi connectivity index (χ4v) is 2.96. The average molecular weight is 327 g/mol. The highest BCUT2D eigenvalue weighted by Crippen LogP contribution is 2.20. The number of aryl methyl sites for hydroxylation is 2. The second kappa shape index (κ2) is 7.65. The number of benzene rings is 1. The summed E-state index contributed by atoms with van der Waals surface area (Å²) >= 11 is 0. The third kappa shape index (κ3) is 4.25. The Kier molecular flexibility index (Phi) is 5.81. The van der Waals surface area contributed by atoms with E-state index in [0.29, 0.717) is 12.3 Å². The van der Waals surface area contributed by atoms with Gasteiger partial charge in [-0.1, -0.05) is 26.0 Å². The predicted molar refractivity (Wildman–Crippen MR) is 99.4 cm³/mol. The molecule has 0 bridgehead atoms. The van der Waals surface area contributed by atoms with Crippen LogP contribution in [0.1, 0.15) is 48.3 Å². The summed E-state index contributed by atoms with van der Waals surface area (Å²) in [5.74, 6) is 0.613. The SMILES string of the molecule is Cc1cccc(NC(=O)CCc2c(C)nn(CC(C)C)c2C)c1C. The van der Waals surface area contributed by atoms with Crippen molar-refractivity contribution in [3.63, 3.8) is 0 Å². The Morgan fingerprint density at radius 2 is 1.92 bits per heavy atom. The van der Waals surface area contributed by atoms with Crippen molar-refractivity contribution in [2.45, 2.75) is 60.9 Å². The van der Waals surface area contributed by atoms with Gasteiger partial charge in [-0.2, -0.15) is 5.10 Å². The lowest BCUT2D eigenvalue weighted by Crippen LogP contribution is -2.14. The fraction of sp³-hybridized carbons (Fsp3) is 0.500. The second-order valence-electron chi connectivity index (χ2n) is 7.02. The van der Waals surface area contributed by atoms with Crippen LogP contribution in [0.4, 0.5) is 5.69 Å². The van der Waals surface area contributed by atoms with Gasteiger partial charge in [0.2, 0.25) is 5.91 Å². The van der Waals surface area contributed by atoms with Crippen LogP contribution < -0.4 is 5.32 Å². The van der Waals surface area contributed by atoms with Gasteiger partial charge in [-0.25, -0.2) is 0 Å². The molecule has 0 aliphatic rings. The number of amides is 1. The maximum atomic E-state index is 12.3. The Morgan fingerprint density at radius 1 is 1.21 bits per heavy atom. The molecule has 1 aromatic carbocycles. The number of nitrogens with one attached hydrogen (secondary N) is 1. The quantitative estimate of drug-likeness (QED) is 0.857. The van der Waals surface area contributed by atoms with Crippen molar-refractivity contribution in [3.8, 4) is 0 Å². The van der Waals surface area contributed by atoms with Gasteiger partial charge in [-0.3, -0.25) is 9.48 Å². The molecule has 24 heavy (non-hydrogen) atoms. The van der Waals surface area contributed by atoms with E-state index in [1.54, 1.807) is 0 Å². The lowest BCUT2D eigenvalue weighted by molar-refractivity contribution is -0.116. The van der Waals surface area contributed by atoms with E-state index in [4.69, 9.17) is 0 Å². The van der Waals surface area contributed by atoms with Crippen molar-refractivity contribution < 1.29 is 4.79 Å². The normalized spacial score (nSPS) is 11.1. The Balaban J connectivity index is 2.02. The lowest BCUT2D eigenvalue weighted by atomic mass is 10.1. The van der Waals surface area contributed by atoms with Crippen LogP contribution in [-0.2, 0) is 17.8 Å². The molecule has 0 radical (unpaired) electrons. The average Bonchev–Trinajstić information content (AvgIpc) is 2.75. The summed E-state index contributed by atoms with van der Waals surface area (Å²) in [7, 11) is 0. The van der Waals surface area contributed by atoms with Crippen LogP contribution in [0.3, 0.4) is 0 Å². The highest BCUT2D eigenvalue weighted by Gasteiger charge is 2.14. The number of hydrogen-bond acceptors (Lipinski definition) is 2. The minimum absolute atomic E-state index is 0.0547. The fourth-order valence-electron chi connectivity index (χ4n) is 2.96. The van der Waals surface area contributed by atoms with E-state index >= 15 is 0 Å². The van der Waals surface area contributed by atoms with Crippen LogP contribution in [0.5, 0.6) is 0 Å². The van der Waals surface area contributed by atoms with E-state index < -0.39 is 0 Å². The zero-order valence-electron chi connectivity index (χ0n) is 15.7. The first kappa shape index (κ1) is 18.2. The van der Waals surface area contributed by atoms with Crippen LogP contribution in [0.25, 0.3) is 0 Å². The Morgan fingerprint density at radius 3 is 2.58 bits per heavy atom. The van der Waals surface area contributed by atoms with E-state index in [0.717, 1.165) is 29.9 Å². The molecule has 1 N–H and O–H groups in total. The second-order valence-corrected chi connectivity index (χ2v) is 7.02. The standard InChI is InChI=1S/C20H29N3O/c1-13(2)12-23-17(6)18(16(5)22-23)10-11-20(24)21-19-9-7-8-14(3)15(19)4/h7-9,13H,10-12H2,1-6H3,(H,21,24). The highest BCUT2D eigenvalue weighted by atomic mass is 16.1. The molecule has 2 rings (SSSR count). The summed E-state index contributed by atoms with van der Waals surface area (Å²) in [6, 6.07) is 5.99. The van der Waals surface area contributed by atoms with Crippen molar-refractivity contribution in [3.05, 3.63) is 46.3 Å². The van der Waals surface area contributed by atoms with Gasteiger partial charge in [0.1, 0.15) is 0 Å². The molecule has 4 nitrogen and oxygen atoms in total. The predicted octanol–water partition coefficient (Wildman–Crippen LogP) is 4.34. The number of anilines is 1. The van der Waals surface area contributed by atoms with E-state index in [1.807, 2.05) is 26.0 Å². The van der Waals surface area contributed by atoms with Gasteiger partial charge in [0.05, 0.1) is 5.69 Å². The summed E-state index contributed by atoms with van der Waals surface area (Å²) in [6.07, 6.45) is 1.20. The van der Waals surface area contributed by atoms with E-state index in [1.165, 1.54) is 16.8 Å². The van der Waals surface area contributed by atoms with Crippen molar-refractivity contribution >= 4 is 11.6 Å². The minimum Gasteiger partial charge on any atom is -0.326 e. The highest BCUT2D eigenvalue weighted by molar-refractivity contribution is 5.91. The van der Waals surface area contributed by atoms with E-state index in [-0.39, 0.29) is 5.91 Å². The molecule has 0 spiro atoms. The summed E-state index contributed by atoms with van der Waals surface area (Å²) in [4.78, 5) is 12.3. The molecule has 4 heteroatoms. The third-order valence-electron chi connectivity index (χ3n) is 4.55. The summed E-state index contributed by atoms with van der Waals surface area (Å²) < 4.78 is 2.07. The summed E-state index contributed by atoms with van der Waals surface area (Å²) in [6.45, 7) is 13.5. The van der Waals surface area contributed by atoms with Gasteiger partial charge in [0.15, 0.2) is 0 Å². The Hall–Kier alpha value is -2.10. The largest absolute Gasteiger partial charge is 0.326 e. The van der Waals surface area contributed by atoms with Crippen LogP contribution in [0, 0.1) is 33.6 Å². The van der Waals surface area contributed by atoms with Gasteiger partial charge >= 0.3 is 0 Å². The summed E-state index contributed by atoms with van der Waals surface area (Å²) in [5.41, 5.74) is 6.64. The maximum absolute atomic E-state index is 12.3. The molecule has 0 saturated carbocycles. The molecule has 0 unspecified atom stereocenters. The lowest BCUT2D eigenvalue weighted by Gasteiger charge is -2.11. The van der Waals surface area contributed by atoms with Crippen LogP contribution in [-0.4, -0.2) is 15.7 Å². The Bertz CT molecular complexity index is 729. The first-order chi connectivity index (χ1) is 11.3. The smallest absolute Gasteiger partial charge is 0.224 e. The molecule has 0 atom stereocenters. The van der Waals surface area contributed by atoms with Gasteiger partial charge < -0.3 is 5.32 Å². The van der Waals surface area contributed by atoms with Crippen LogP contribution >= 0.6 is 0 Å². The molecule has 1 heterocycles. The van der Waals surface area contributed by atoms with Crippen LogP contribution in [0.2, 0.25) is 0 Å². The summed E-state index contributed by atoms with van der Waals surface area (Å²) in [5, 5.41) is 7.66. The molecule has 1 aromatic heterocycles. The number of carbonyl (C=O) groups excluding carboxylic acids is 1. The van der Waals surface area contributed by atoms with Crippen molar-refractivity contribution in [1.29, 1.82) is 0 Å². The van der Waals surface area contributed by atoms with Gasteiger partial charge in [-0.15, -0.1) is 0 Å². The minimum atomic E-state index is 0.0547.